The lowest BCUT2D eigenvalue weighted by atomic mass is 9.99. The fourth-order valence-corrected chi connectivity index (χ4v) is 5.62. The van der Waals surface area contributed by atoms with Gasteiger partial charge in [-0.25, -0.2) is 4.98 Å². The van der Waals surface area contributed by atoms with Crippen molar-refractivity contribution in [2.75, 3.05) is 5.73 Å². The number of halogens is 1. The molecule has 2 heterocycles. The second kappa shape index (κ2) is 8.05. The monoisotopic (exact) mass is 544 g/mol. The first-order valence-electron chi connectivity index (χ1n) is 12.0. The molecule has 5 aromatic carbocycles. The summed E-state index contributed by atoms with van der Waals surface area (Å²) in [6.07, 6.45) is 1.93. The zero-order chi connectivity index (χ0) is 25.3. The van der Waals surface area contributed by atoms with Crippen LogP contribution in [0.2, 0.25) is 0 Å². The van der Waals surface area contributed by atoms with E-state index in [2.05, 4.69) is 39.1 Å². The number of aromatic amines is 1. The quantitative estimate of drug-likeness (QED) is 0.172. The Balaban J connectivity index is 1.69. The van der Waals surface area contributed by atoms with Crippen molar-refractivity contribution in [2.24, 2.45) is 0 Å². The van der Waals surface area contributed by atoms with E-state index in [1.165, 1.54) is 0 Å². The van der Waals surface area contributed by atoms with Gasteiger partial charge >= 0.3 is 0 Å². The summed E-state index contributed by atoms with van der Waals surface area (Å²) < 4.78 is 2.72. The summed E-state index contributed by atoms with van der Waals surface area (Å²) in [4.78, 5) is 22.8. The molecule has 0 saturated carbocycles. The molecule has 0 aliphatic rings. The summed E-state index contributed by atoms with van der Waals surface area (Å²) >= 11 is 3.60. The molecule has 0 unspecified atom stereocenters. The highest BCUT2D eigenvalue weighted by Gasteiger charge is 2.25. The molecule has 37 heavy (non-hydrogen) atoms. The van der Waals surface area contributed by atoms with Crippen LogP contribution in [-0.2, 0) is 0 Å². The molecule has 0 amide bonds. The van der Waals surface area contributed by atoms with E-state index in [1.54, 1.807) is 4.57 Å². The molecule has 0 atom stereocenters. The van der Waals surface area contributed by atoms with Gasteiger partial charge in [-0.3, -0.25) is 9.36 Å². The highest BCUT2D eigenvalue weighted by molar-refractivity contribution is 9.10. The Bertz CT molecular complexity index is 2030. The molecular weight excluding hydrogens is 524 g/mol. The molecule has 0 fully saturated rings. The Kier molecular flexibility index (Phi) is 4.75. The number of aryl methyl sites for hydroxylation is 1. The predicted molar refractivity (Wildman–Crippen MR) is 155 cm³/mol. The molecule has 0 aliphatic carbocycles. The molecule has 0 bridgehead atoms. The second-order valence-electron chi connectivity index (χ2n) is 9.38. The number of carbonyl (C=O) groups is 1. The van der Waals surface area contributed by atoms with Gasteiger partial charge in [-0.05, 0) is 60.2 Å². The zero-order valence-electron chi connectivity index (χ0n) is 19.9. The number of aromatic nitrogens is 3. The number of nitrogens with one attached hydrogen (secondary N) is 1. The fraction of sp³-hybridized carbons (Fsp3) is 0.0323. The maximum Gasteiger partial charge on any atom is 0.264 e. The van der Waals surface area contributed by atoms with E-state index in [-0.39, 0.29) is 5.91 Å². The van der Waals surface area contributed by atoms with Crippen LogP contribution in [-0.4, -0.2) is 20.4 Å². The van der Waals surface area contributed by atoms with Crippen molar-refractivity contribution >= 4 is 71.0 Å². The smallest absolute Gasteiger partial charge is 0.264 e. The Morgan fingerprint density at radius 2 is 1.62 bits per heavy atom. The summed E-state index contributed by atoms with van der Waals surface area (Å²) in [5.41, 5.74) is 12.0. The van der Waals surface area contributed by atoms with E-state index < -0.39 is 0 Å². The average Bonchev–Trinajstić information content (AvgIpc) is 3.50. The lowest BCUT2D eigenvalue weighted by molar-refractivity contribution is 0.0966. The number of nitrogens with two attached hydrogens (primary N) is 1. The summed E-state index contributed by atoms with van der Waals surface area (Å²) in [5, 5.41) is 4.98. The average molecular weight is 545 g/mol. The number of benzene rings is 5. The number of imidazole rings is 1. The Labute approximate surface area is 220 Å². The van der Waals surface area contributed by atoms with E-state index in [0.29, 0.717) is 17.1 Å². The number of fused-ring (bicyclic) bond motifs is 7. The standard InChI is InChI=1S/C31H21BrN4O/c1-17-6-8-18(9-7-17)31(37)36-29-25-15-20(33)11-12-22(25)21-4-2-3-5-23(21)28(29)35-30(36)26-16-34-27-13-10-19(32)14-24(26)27/h2-16,34H,33H2,1H3. The molecular formula is C31H21BrN4O. The molecule has 7 aromatic rings. The van der Waals surface area contributed by atoms with E-state index in [4.69, 9.17) is 10.7 Å². The van der Waals surface area contributed by atoms with Crippen LogP contribution in [0.15, 0.2) is 95.6 Å². The van der Waals surface area contributed by atoms with Crippen LogP contribution in [0.5, 0.6) is 0 Å². The number of rotatable bonds is 2. The molecule has 7 rings (SSSR count). The van der Waals surface area contributed by atoms with Crippen molar-refractivity contribution in [1.82, 2.24) is 14.5 Å². The third kappa shape index (κ3) is 3.29. The van der Waals surface area contributed by atoms with Gasteiger partial charge in [0.05, 0.1) is 11.0 Å². The Hall–Kier alpha value is -4.42. The Morgan fingerprint density at radius 3 is 2.43 bits per heavy atom. The van der Waals surface area contributed by atoms with Gasteiger partial charge in [0.15, 0.2) is 0 Å². The maximum atomic E-state index is 14.3. The number of hydrogen-bond donors (Lipinski definition) is 2. The summed E-state index contributed by atoms with van der Waals surface area (Å²) in [5.74, 6) is 0.450. The van der Waals surface area contributed by atoms with Crippen molar-refractivity contribution in [3.8, 4) is 11.4 Å². The van der Waals surface area contributed by atoms with Gasteiger partial charge in [-0.2, -0.15) is 0 Å². The highest BCUT2D eigenvalue weighted by atomic mass is 79.9. The molecule has 0 spiro atoms. The summed E-state index contributed by atoms with van der Waals surface area (Å²) in [6.45, 7) is 2.01. The number of carbonyl (C=O) groups excluding carboxylic acids is 1. The normalized spacial score (nSPS) is 11.7. The molecule has 178 valence electrons. The van der Waals surface area contributed by atoms with Gasteiger partial charge in [0, 0.05) is 49.2 Å². The first-order chi connectivity index (χ1) is 18.0. The third-order valence-electron chi connectivity index (χ3n) is 7.03. The highest BCUT2D eigenvalue weighted by Crippen LogP contribution is 2.40. The van der Waals surface area contributed by atoms with Crippen LogP contribution >= 0.6 is 15.9 Å². The van der Waals surface area contributed by atoms with E-state index in [1.807, 2.05) is 79.9 Å². The number of hydrogen-bond acceptors (Lipinski definition) is 3. The predicted octanol–water partition coefficient (Wildman–Crippen LogP) is 7.83. The lowest BCUT2D eigenvalue weighted by Gasteiger charge is -2.12. The third-order valence-corrected chi connectivity index (χ3v) is 7.53. The van der Waals surface area contributed by atoms with Crippen molar-refractivity contribution in [2.45, 2.75) is 6.92 Å². The van der Waals surface area contributed by atoms with Gasteiger partial charge in [0.25, 0.3) is 5.91 Å². The minimum Gasteiger partial charge on any atom is -0.399 e. The van der Waals surface area contributed by atoms with Gasteiger partial charge in [-0.15, -0.1) is 0 Å². The van der Waals surface area contributed by atoms with Crippen LogP contribution in [0, 0.1) is 6.92 Å². The number of nitrogen functional groups attached to an aromatic ring is 1. The molecule has 0 saturated heterocycles. The van der Waals surface area contributed by atoms with Crippen LogP contribution in [0.1, 0.15) is 15.9 Å². The number of nitrogens with zero attached hydrogens (tertiary/aromatic N) is 2. The van der Waals surface area contributed by atoms with Gasteiger partial charge in [-0.1, -0.05) is 64.0 Å². The topological polar surface area (TPSA) is 76.7 Å². The molecule has 0 aliphatic heterocycles. The van der Waals surface area contributed by atoms with E-state index in [9.17, 15) is 4.79 Å². The minimum absolute atomic E-state index is 0.138. The maximum absolute atomic E-state index is 14.3. The summed E-state index contributed by atoms with van der Waals surface area (Å²) in [7, 11) is 0. The zero-order valence-corrected chi connectivity index (χ0v) is 21.5. The first-order valence-corrected chi connectivity index (χ1v) is 12.8. The number of anilines is 1. The van der Waals surface area contributed by atoms with E-state index in [0.717, 1.165) is 59.1 Å². The molecule has 2 aromatic heterocycles. The lowest BCUT2D eigenvalue weighted by Crippen LogP contribution is -2.13. The van der Waals surface area contributed by atoms with Crippen molar-refractivity contribution < 1.29 is 4.79 Å². The van der Waals surface area contributed by atoms with Gasteiger partial charge in [0.2, 0.25) is 0 Å². The Morgan fingerprint density at radius 1 is 0.865 bits per heavy atom. The van der Waals surface area contributed by atoms with Crippen molar-refractivity contribution in [3.05, 3.63) is 107 Å². The fourth-order valence-electron chi connectivity index (χ4n) is 5.26. The van der Waals surface area contributed by atoms with E-state index >= 15 is 0 Å². The SMILES string of the molecule is Cc1ccc(C(=O)n2c(-c3c[nH]c4ccc(Br)cc34)nc3c4ccccc4c4ccc(N)cc4c32)cc1. The van der Waals surface area contributed by atoms with Crippen molar-refractivity contribution in [3.63, 3.8) is 0 Å². The van der Waals surface area contributed by atoms with Crippen LogP contribution in [0.4, 0.5) is 5.69 Å². The molecule has 3 N–H and O–H groups in total. The van der Waals surface area contributed by atoms with Gasteiger partial charge < -0.3 is 10.7 Å². The van der Waals surface area contributed by atoms with Crippen molar-refractivity contribution in [1.29, 1.82) is 0 Å². The van der Waals surface area contributed by atoms with Crippen LogP contribution in [0.3, 0.4) is 0 Å². The first kappa shape index (κ1) is 21.8. The molecule has 5 nitrogen and oxygen atoms in total. The van der Waals surface area contributed by atoms with Crippen LogP contribution < -0.4 is 5.73 Å². The second-order valence-corrected chi connectivity index (χ2v) is 10.3. The minimum atomic E-state index is -0.138. The van der Waals surface area contributed by atoms with Gasteiger partial charge in [0.1, 0.15) is 5.82 Å². The largest absolute Gasteiger partial charge is 0.399 e. The molecule has 0 radical (unpaired) electrons. The molecule has 6 heteroatoms. The summed E-state index contributed by atoms with van der Waals surface area (Å²) in [6, 6.07) is 27.8. The number of H-pyrrole nitrogens is 1. The van der Waals surface area contributed by atoms with Crippen LogP contribution in [0.25, 0.3) is 54.9 Å².